The van der Waals surface area contributed by atoms with Crippen molar-refractivity contribution in [1.29, 1.82) is 0 Å². The van der Waals surface area contributed by atoms with E-state index in [1.165, 1.54) is 16.4 Å². The van der Waals surface area contributed by atoms with Crippen LogP contribution in [0.25, 0.3) is 0 Å². The van der Waals surface area contributed by atoms with Crippen molar-refractivity contribution in [3.05, 3.63) is 65.7 Å². The van der Waals surface area contributed by atoms with Gasteiger partial charge in [-0.05, 0) is 36.5 Å². The predicted molar refractivity (Wildman–Crippen MR) is 117 cm³/mol. The number of carbonyl (C=O) groups excluding carboxylic acids is 1. The van der Waals surface area contributed by atoms with Crippen LogP contribution in [0.4, 0.5) is 0 Å². The van der Waals surface area contributed by atoms with Crippen LogP contribution in [0.2, 0.25) is 0 Å². The number of nitrogens with one attached hydrogen (secondary N) is 1. The summed E-state index contributed by atoms with van der Waals surface area (Å²) in [7, 11) is -3.91. The number of aliphatic carboxylic acids is 1. The van der Waals surface area contributed by atoms with Gasteiger partial charge in [0, 0.05) is 13.0 Å². The Morgan fingerprint density at radius 3 is 2.32 bits per heavy atom. The Bertz CT molecular complexity index is 1050. The molecule has 1 aliphatic heterocycles. The number of carboxylic acid groups (broad SMARTS) is 1. The zero-order chi connectivity index (χ0) is 22.8. The molecule has 0 spiro atoms. The lowest BCUT2D eigenvalue weighted by atomic mass is 9.84. The summed E-state index contributed by atoms with van der Waals surface area (Å²) in [5.74, 6) is -1.76. The molecule has 31 heavy (non-hydrogen) atoms. The van der Waals surface area contributed by atoms with Gasteiger partial charge in [0.05, 0.1) is 4.90 Å². The van der Waals surface area contributed by atoms with E-state index in [1.54, 1.807) is 36.4 Å². The molecule has 1 saturated heterocycles. The lowest BCUT2D eigenvalue weighted by Crippen LogP contribution is -2.55. The maximum Gasteiger partial charge on any atom is 0.326 e. The third kappa shape index (κ3) is 4.97. The van der Waals surface area contributed by atoms with Gasteiger partial charge in [-0.25, -0.2) is 13.2 Å². The van der Waals surface area contributed by atoms with E-state index in [1.807, 2.05) is 26.8 Å². The number of sulfonamides is 1. The average molecular weight is 445 g/mol. The molecule has 0 radical (unpaired) electrons. The van der Waals surface area contributed by atoms with Gasteiger partial charge in [0.25, 0.3) is 0 Å². The van der Waals surface area contributed by atoms with E-state index < -0.39 is 39.4 Å². The SMILES string of the molecule is Cc1ccc(S(=O)(=O)N2CCC(C)(C)[C@H]2C(=O)N[C@@H](Cc2ccccc2)C(=O)O)cc1. The van der Waals surface area contributed by atoms with Crippen LogP contribution in [0.3, 0.4) is 0 Å². The smallest absolute Gasteiger partial charge is 0.326 e. The largest absolute Gasteiger partial charge is 0.480 e. The minimum Gasteiger partial charge on any atom is -0.480 e. The van der Waals surface area contributed by atoms with E-state index in [0.29, 0.717) is 6.42 Å². The molecule has 0 unspecified atom stereocenters. The Labute approximate surface area is 183 Å². The molecule has 2 atom stereocenters. The second-order valence-corrected chi connectivity index (χ2v) is 10.5. The fourth-order valence-corrected chi connectivity index (χ4v) is 5.69. The van der Waals surface area contributed by atoms with Crippen LogP contribution in [-0.4, -0.2) is 48.3 Å². The molecular formula is C23H28N2O5S. The highest BCUT2D eigenvalue weighted by molar-refractivity contribution is 7.89. The van der Waals surface area contributed by atoms with Crippen molar-refractivity contribution in [2.24, 2.45) is 5.41 Å². The van der Waals surface area contributed by atoms with E-state index in [0.717, 1.165) is 11.1 Å². The maximum atomic E-state index is 13.3. The first-order valence-electron chi connectivity index (χ1n) is 10.2. The highest BCUT2D eigenvalue weighted by Crippen LogP contribution is 2.39. The number of nitrogens with zero attached hydrogens (tertiary/aromatic N) is 1. The number of carboxylic acids is 1. The van der Waals surface area contributed by atoms with Gasteiger partial charge in [0.1, 0.15) is 12.1 Å². The summed E-state index contributed by atoms with van der Waals surface area (Å²) in [6, 6.07) is 13.3. The quantitative estimate of drug-likeness (QED) is 0.683. The van der Waals surface area contributed by atoms with Crippen LogP contribution in [0, 0.1) is 12.3 Å². The van der Waals surface area contributed by atoms with E-state index in [2.05, 4.69) is 5.32 Å². The fraction of sp³-hybridized carbons (Fsp3) is 0.391. The summed E-state index contributed by atoms with van der Waals surface area (Å²) in [6.07, 6.45) is 0.604. The number of rotatable bonds is 7. The van der Waals surface area contributed by atoms with Crippen molar-refractivity contribution in [1.82, 2.24) is 9.62 Å². The van der Waals surface area contributed by atoms with Crippen molar-refractivity contribution in [2.75, 3.05) is 6.54 Å². The Kier molecular flexibility index (Phi) is 6.52. The molecule has 2 aromatic carbocycles. The van der Waals surface area contributed by atoms with E-state index in [4.69, 9.17) is 0 Å². The predicted octanol–water partition coefficient (Wildman–Crippen LogP) is 2.60. The minimum atomic E-state index is -3.91. The van der Waals surface area contributed by atoms with Gasteiger partial charge >= 0.3 is 5.97 Å². The molecule has 1 heterocycles. The molecule has 1 aliphatic rings. The molecule has 1 amide bonds. The van der Waals surface area contributed by atoms with Gasteiger partial charge in [-0.3, -0.25) is 4.79 Å². The van der Waals surface area contributed by atoms with Crippen LogP contribution in [0.15, 0.2) is 59.5 Å². The van der Waals surface area contributed by atoms with Crippen LogP contribution < -0.4 is 5.32 Å². The van der Waals surface area contributed by atoms with Crippen molar-refractivity contribution < 1.29 is 23.1 Å². The summed E-state index contributed by atoms with van der Waals surface area (Å²) >= 11 is 0. The first kappa shape index (κ1) is 23.0. The monoisotopic (exact) mass is 444 g/mol. The van der Waals surface area contributed by atoms with Crippen molar-refractivity contribution >= 4 is 21.9 Å². The zero-order valence-electron chi connectivity index (χ0n) is 17.9. The van der Waals surface area contributed by atoms with Crippen molar-refractivity contribution in [3.8, 4) is 0 Å². The maximum absolute atomic E-state index is 13.3. The van der Waals surface area contributed by atoms with Crippen LogP contribution in [0.5, 0.6) is 0 Å². The Morgan fingerprint density at radius 1 is 1.13 bits per heavy atom. The highest BCUT2D eigenvalue weighted by Gasteiger charge is 2.50. The molecule has 166 valence electrons. The number of hydrogen-bond acceptors (Lipinski definition) is 4. The molecule has 1 fully saturated rings. The van der Waals surface area contributed by atoms with Gasteiger partial charge in [0.2, 0.25) is 15.9 Å². The molecule has 0 aliphatic carbocycles. The van der Waals surface area contributed by atoms with Crippen LogP contribution >= 0.6 is 0 Å². The second kappa shape index (κ2) is 8.80. The van der Waals surface area contributed by atoms with E-state index in [-0.39, 0.29) is 17.9 Å². The van der Waals surface area contributed by atoms with Crippen LogP contribution in [0.1, 0.15) is 31.4 Å². The number of benzene rings is 2. The van der Waals surface area contributed by atoms with Gasteiger partial charge in [-0.2, -0.15) is 4.31 Å². The van der Waals surface area contributed by atoms with Crippen molar-refractivity contribution in [2.45, 2.75) is 50.6 Å². The van der Waals surface area contributed by atoms with Crippen LogP contribution in [-0.2, 0) is 26.0 Å². The summed E-state index contributed by atoms with van der Waals surface area (Å²) in [6.45, 7) is 5.71. The Balaban J connectivity index is 1.87. The van der Waals surface area contributed by atoms with E-state index >= 15 is 0 Å². The highest BCUT2D eigenvalue weighted by atomic mass is 32.2. The van der Waals surface area contributed by atoms with Gasteiger partial charge in [0.15, 0.2) is 0 Å². The normalized spacial score (nSPS) is 19.6. The lowest BCUT2D eigenvalue weighted by Gasteiger charge is -2.32. The molecule has 0 aromatic heterocycles. The first-order valence-corrected chi connectivity index (χ1v) is 11.6. The Hall–Kier alpha value is -2.71. The minimum absolute atomic E-state index is 0.111. The summed E-state index contributed by atoms with van der Waals surface area (Å²) in [4.78, 5) is 25.1. The van der Waals surface area contributed by atoms with Gasteiger partial charge in [-0.15, -0.1) is 0 Å². The average Bonchev–Trinajstić information content (AvgIpc) is 3.04. The summed E-state index contributed by atoms with van der Waals surface area (Å²) in [5.41, 5.74) is 1.06. The topological polar surface area (TPSA) is 104 Å². The molecule has 3 rings (SSSR count). The van der Waals surface area contributed by atoms with E-state index in [9.17, 15) is 23.1 Å². The first-order chi connectivity index (χ1) is 14.5. The zero-order valence-corrected chi connectivity index (χ0v) is 18.7. The molecule has 8 heteroatoms. The second-order valence-electron chi connectivity index (χ2n) is 8.66. The number of hydrogen-bond donors (Lipinski definition) is 2. The van der Waals surface area contributed by atoms with Gasteiger partial charge in [-0.1, -0.05) is 61.9 Å². The Morgan fingerprint density at radius 2 is 1.74 bits per heavy atom. The molecule has 2 N–H and O–H groups in total. The van der Waals surface area contributed by atoms with Gasteiger partial charge < -0.3 is 10.4 Å². The van der Waals surface area contributed by atoms with Crippen molar-refractivity contribution in [3.63, 3.8) is 0 Å². The lowest BCUT2D eigenvalue weighted by molar-refractivity contribution is -0.142. The summed E-state index contributed by atoms with van der Waals surface area (Å²) in [5, 5.41) is 12.2. The summed E-state index contributed by atoms with van der Waals surface area (Å²) < 4.78 is 27.8. The fourth-order valence-electron chi connectivity index (χ4n) is 3.94. The number of aryl methyl sites for hydroxylation is 1. The molecule has 0 saturated carbocycles. The number of carbonyl (C=O) groups is 2. The molecule has 2 aromatic rings. The number of amides is 1. The molecular weight excluding hydrogens is 416 g/mol. The molecule has 7 nitrogen and oxygen atoms in total. The third-order valence-corrected chi connectivity index (χ3v) is 7.66. The standard InChI is InChI=1S/C23H28N2O5S/c1-16-9-11-18(12-10-16)31(29,30)25-14-13-23(2,3)20(25)21(26)24-19(22(27)28)15-17-7-5-4-6-8-17/h4-12,19-20H,13-15H2,1-3H3,(H,24,26)(H,27,28)/t19-,20+/m0/s1. The third-order valence-electron chi connectivity index (χ3n) is 5.78. The molecule has 0 bridgehead atoms.